The standard InChI is InChI=1S/C21H21F3N2O5S/c22-21(23,24)14-8-9-19(17(11-14)26(28)29)32-13-20(27)25-16-6-1-2-7-18(16)31-12-15-5-3-4-10-30-15/h1-2,6-9,11,15H,3-5,10,12-13H2,(H,25,27). The van der Waals surface area contributed by atoms with E-state index in [1.807, 2.05) is 0 Å². The average Bonchev–Trinajstić information content (AvgIpc) is 2.77. The summed E-state index contributed by atoms with van der Waals surface area (Å²) in [6.45, 7) is 1.04. The van der Waals surface area contributed by atoms with E-state index in [9.17, 15) is 28.1 Å². The molecule has 0 bridgehead atoms. The Morgan fingerprint density at radius 1 is 1.25 bits per heavy atom. The van der Waals surface area contributed by atoms with Gasteiger partial charge in [-0.2, -0.15) is 13.2 Å². The number of nitrogens with zero attached hydrogens (tertiary/aromatic N) is 1. The van der Waals surface area contributed by atoms with Crippen LogP contribution >= 0.6 is 11.8 Å². The third kappa shape index (κ3) is 6.60. The van der Waals surface area contributed by atoms with E-state index in [0.29, 0.717) is 30.7 Å². The Kier molecular flexibility index (Phi) is 7.97. The van der Waals surface area contributed by atoms with Crippen molar-refractivity contribution in [1.29, 1.82) is 0 Å². The molecule has 1 unspecified atom stereocenters. The van der Waals surface area contributed by atoms with Crippen molar-refractivity contribution < 1.29 is 32.4 Å². The summed E-state index contributed by atoms with van der Waals surface area (Å²) in [4.78, 5) is 22.6. The number of halogens is 3. The first-order chi connectivity index (χ1) is 15.2. The second-order valence-corrected chi connectivity index (χ2v) is 8.09. The van der Waals surface area contributed by atoms with Crippen molar-refractivity contribution in [3.05, 3.63) is 58.1 Å². The molecule has 1 N–H and O–H groups in total. The summed E-state index contributed by atoms with van der Waals surface area (Å²) < 4.78 is 49.9. The lowest BCUT2D eigenvalue weighted by Crippen LogP contribution is -2.26. The molecule has 32 heavy (non-hydrogen) atoms. The van der Waals surface area contributed by atoms with Crippen molar-refractivity contribution in [1.82, 2.24) is 0 Å². The van der Waals surface area contributed by atoms with Crippen LogP contribution in [0, 0.1) is 10.1 Å². The summed E-state index contributed by atoms with van der Waals surface area (Å²) in [6, 6.07) is 9.05. The fourth-order valence-corrected chi connectivity index (χ4v) is 3.91. The summed E-state index contributed by atoms with van der Waals surface area (Å²) in [5, 5.41) is 13.9. The number of thioether (sulfide) groups is 1. The zero-order valence-electron chi connectivity index (χ0n) is 16.9. The number of carbonyl (C=O) groups is 1. The fraction of sp³-hybridized carbons (Fsp3) is 0.381. The molecule has 1 aliphatic rings. The second kappa shape index (κ2) is 10.7. The zero-order chi connectivity index (χ0) is 23.1. The first-order valence-corrected chi connectivity index (χ1v) is 10.8. The highest BCUT2D eigenvalue weighted by Gasteiger charge is 2.33. The van der Waals surface area contributed by atoms with Gasteiger partial charge in [0, 0.05) is 12.7 Å². The van der Waals surface area contributed by atoms with E-state index in [4.69, 9.17) is 9.47 Å². The Morgan fingerprint density at radius 3 is 2.72 bits per heavy atom. The average molecular weight is 470 g/mol. The van der Waals surface area contributed by atoms with E-state index in [2.05, 4.69) is 5.32 Å². The Bertz CT molecular complexity index is 965. The zero-order valence-corrected chi connectivity index (χ0v) is 17.7. The van der Waals surface area contributed by atoms with Gasteiger partial charge in [-0.3, -0.25) is 14.9 Å². The van der Waals surface area contributed by atoms with Gasteiger partial charge < -0.3 is 14.8 Å². The minimum atomic E-state index is -4.70. The molecule has 7 nitrogen and oxygen atoms in total. The Hall–Kier alpha value is -2.79. The number of alkyl halides is 3. The maximum absolute atomic E-state index is 12.8. The molecule has 2 aromatic rings. The van der Waals surface area contributed by atoms with Crippen LogP contribution in [0.5, 0.6) is 5.75 Å². The molecule has 1 atom stereocenters. The molecule has 1 fully saturated rings. The molecule has 3 rings (SSSR count). The number of nitrogens with one attached hydrogen (secondary N) is 1. The molecular weight excluding hydrogens is 449 g/mol. The molecule has 1 heterocycles. The third-order valence-corrected chi connectivity index (χ3v) is 5.76. The van der Waals surface area contributed by atoms with Crippen LogP contribution in [0.2, 0.25) is 0 Å². The van der Waals surface area contributed by atoms with E-state index >= 15 is 0 Å². The fourth-order valence-electron chi connectivity index (χ4n) is 3.11. The molecule has 2 aromatic carbocycles. The first-order valence-electron chi connectivity index (χ1n) is 9.86. The molecule has 1 amide bonds. The van der Waals surface area contributed by atoms with Crippen LogP contribution in [-0.2, 0) is 15.7 Å². The van der Waals surface area contributed by atoms with Crippen LogP contribution < -0.4 is 10.1 Å². The SMILES string of the molecule is O=C(CSc1ccc(C(F)(F)F)cc1[N+](=O)[O-])Nc1ccccc1OCC1CCCCO1. The number of nitro groups is 1. The van der Waals surface area contributed by atoms with Crippen molar-refractivity contribution in [2.45, 2.75) is 36.4 Å². The van der Waals surface area contributed by atoms with Gasteiger partial charge in [-0.1, -0.05) is 12.1 Å². The van der Waals surface area contributed by atoms with Crippen molar-refractivity contribution in [2.75, 3.05) is 24.3 Å². The number of benzene rings is 2. The third-order valence-electron chi connectivity index (χ3n) is 4.70. The van der Waals surface area contributed by atoms with Crippen LogP contribution in [-0.4, -0.2) is 35.9 Å². The minimum Gasteiger partial charge on any atom is -0.489 e. The molecule has 172 valence electrons. The Morgan fingerprint density at radius 2 is 2.03 bits per heavy atom. The van der Waals surface area contributed by atoms with Crippen LogP contribution in [0.4, 0.5) is 24.5 Å². The normalized spacial score (nSPS) is 16.4. The molecular formula is C21H21F3N2O5S. The van der Waals surface area contributed by atoms with Crippen molar-refractivity contribution in [3.63, 3.8) is 0 Å². The molecule has 0 aliphatic carbocycles. The molecule has 11 heteroatoms. The van der Waals surface area contributed by atoms with Gasteiger partial charge in [0.1, 0.15) is 12.4 Å². The van der Waals surface area contributed by atoms with Gasteiger partial charge in [0.2, 0.25) is 5.91 Å². The predicted molar refractivity (Wildman–Crippen MR) is 113 cm³/mol. The number of ether oxygens (including phenoxy) is 2. The number of carbonyl (C=O) groups excluding carboxylic acids is 1. The first kappa shape index (κ1) is 23.9. The van der Waals surface area contributed by atoms with Gasteiger partial charge in [0.25, 0.3) is 5.69 Å². The largest absolute Gasteiger partial charge is 0.489 e. The summed E-state index contributed by atoms with van der Waals surface area (Å²) in [6.07, 6.45) is -1.71. The van der Waals surface area contributed by atoms with E-state index in [1.165, 1.54) is 0 Å². The summed E-state index contributed by atoms with van der Waals surface area (Å²) in [5.74, 6) is -0.249. The maximum atomic E-state index is 12.8. The van der Waals surface area contributed by atoms with Crippen LogP contribution in [0.3, 0.4) is 0 Å². The van der Waals surface area contributed by atoms with Gasteiger partial charge in [0.05, 0.1) is 32.9 Å². The van der Waals surface area contributed by atoms with E-state index in [1.54, 1.807) is 24.3 Å². The van der Waals surface area contributed by atoms with E-state index < -0.39 is 28.3 Å². The number of para-hydroxylation sites is 2. The molecule has 0 saturated carbocycles. The van der Waals surface area contributed by atoms with Gasteiger partial charge >= 0.3 is 6.18 Å². The number of hydrogen-bond acceptors (Lipinski definition) is 6. The molecule has 0 radical (unpaired) electrons. The second-order valence-electron chi connectivity index (χ2n) is 7.07. The molecule has 0 aromatic heterocycles. The quantitative estimate of drug-likeness (QED) is 0.320. The lowest BCUT2D eigenvalue weighted by molar-refractivity contribution is -0.388. The lowest BCUT2D eigenvalue weighted by Gasteiger charge is -2.23. The van der Waals surface area contributed by atoms with E-state index in [0.717, 1.165) is 43.2 Å². The van der Waals surface area contributed by atoms with Gasteiger partial charge in [-0.15, -0.1) is 11.8 Å². The number of rotatable bonds is 8. The van der Waals surface area contributed by atoms with Crippen LogP contribution in [0.15, 0.2) is 47.4 Å². The molecule has 1 saturated heterocycles. The Labute approximate surface area is 186 Å². The van der Waals surface area contributed by atoms with E-state index in [-0.39, 0.29) is 16.8 Å². The van der Waals surface area contributed by atoms with Crippen LogP contribution in [0.25, 0.3) is 0 Å². The molecule has 1 aliphatic heterocycles. The monoisotopic (exact) mass is 470 g/mol. The highest BCUT2D eigenvalue weighted by atomic mass is 32.2. The smallest absolute Gasteiger partial charge is 0.416 e. The summed E-state index contributed by atoms with van der Waals surface area (Å²) >= 11 is 0.782. The minimum absolute atomic E-state index is 0.0108. The summed E-state index contributed by atoms with van der Waals surface area (Å²) in [5.41, 5.74) is -1.39. The highest BCUT2D eigenvalue weighted by molar-refractivity contribution is 8.00. The topological polar surface area (TPSA) is 90.7 Å². The Balaban J connectivity index is 1.61. The predicted octanol–water partition coefficient (Wildman–Crippen LogP) is 5.29. The maximum Gasteiger partial charge on any atom is 0.416 e. The lowest BCUT2D eigenvalue weighted by atomic mass is 10.1. The van der Waals surface area contributed by atoms with Gasteiger partial charge in [0.15, 0.2) is 0 Å². The number of amides is 1. The highest BCUT2D eigenvalue weighted by Crippen LogP contribution is 2.36. The van der Waals surface area contributed by atoms with Gasteiger partial charge in [-0.25, -0.2) is 0 Å². The van der Waals surface area contributed by atoms with Crippen LogP contribution in [0.1, 0.15) is 24.8 Å². The number of hydrogen-bond donors (Lipinski definition) is 1. The van der Waals surface area contributed by atoms with Gasteiger partial charge in [-0.05, 0) is 43.5 Å². The number of nitro benzene ring substituents is 1. The van der Waals surface area contributed by atoms with Crippen molar-refractivity contribution >= 4 is 29.0 Å². The van der Waals surface area contributed by atoms with Crippen molar-refractivity contribution in [2.24, 2.45) is 0 Å². The van der Waals surface area contributed by atoms with Crippen molar-refractivity contribution in [3.8, 4) is 5.75 Å². The number of anilines is 1. The summed E-state index contributed by atoms with van der Waals surface area (Å²) in [7, 11) is 0. The molecule has 0 spiro atoms.